The molecule has 0 aliphatic rings. The van der Waals surface area contributed by atoms with Gasteiger partial charge in [-0.2, -0.15) is 0 Å². The summed E-state index contributed by atoms with van der Waals surface area (Å²) in [4.78, 5) is 29.7. The van der Waals surface area contributed by atoms with Crippen molar-refractivity contribution in [2.24, 2.45) is 0 Å². The number of benzene rings is 8. The molecule has 0 saturated heterocycles. The molecule has 0 aliphatic heterocycles. The van der Waals surface area contributed by atoms with E-state index in [0.29, 0.717) is 34.9 Å². The zero-order valence-electron chi connectivity index (χ0n) is 32.5. The Balaban J connectivity index is 1.01. The first-order valence-electron chi connectivity index (χ1n) is 19.9. The maximum atomic E-state index is 4.99. The van der Waals surface area contributed by atoms with E-state index in [9.17, 15) is 0 Å². The molecule has 0 saturated carbocycles. The fraction of sp³-hybridized carbons (Fsp3) is 0. The van der Waals surface area contributed by atoms with Crippen molar-refractivity contribution in [3.8, 4) is 102 Å². The normalized spacial score (nSPS) is 11.0. The molecule has 2 heterocycles. The quantitative estimate of drug-likeness (QED) is 0.145. The van der Waals surface area contributed by atoms with Gasteiger partial charge < -0.3 is 0 Å². The molecule has 2 aromatic heterocycles. The molecule has 0 fully saturated rings. The van der Waals surface area contributed by atoms with Gasteiger partial charge >= 0.3 is 0 Å². The van der Waals surface area contributed by atoms with Crippen molar-refractivity contribution in [1.29, 1.82) is 0 Å². The van der Waals surface area contributed by atoms with E-state index in [0.717, 1.165) is 66.8 Å². The number of nitrogens with zero attached hydrogens (tertiary/aromatic N) is 6. The summed E-state index contributed by atoms with van der Waals surface area (Å²) in [5.41, 5.74) is 12.1. The molecular formula is C54H36N6. The zero-order valence-corrected chi connectivity index (χ0v) is 32.5. The Morgan fingerprint density at radius 1 is 0.167 bits per heavy atom. The highest BCUT2D eigenvalue weighted by Crippen LogP contribution is 2.37. The molecule has 0 atom stereocenters. The van der Waals surface area contributed by atoms with Crippen molar-refractivity contribution in [2.45, 2.75) is 0 Å². The zero-order chi connectivity index (χ0) is 40.1. The lowest BCUT2D eigenvalue weighted by atomic mass is 9.91. The van der Waals surface area contributed by atoms with E-state index in [1.54, 1.807) is 0 Å². The van der Waals surface area contributed by atoms with Crippen molar-refractivity contribution < 1.29 is 0 Å². The highest BCUT2D eigenvalue weighted by Gasteiger charge is 2.16. The topological polar surface area (TPSA) is 77.3 Å². The number of rotatable bonds is 9. The van der Waals surface area contributed by atoms with Crippen molar-refractivity contribution in [2.75, 3.05) is 0 Å². The van der Waals surface area contributed by atoms with Crippen LogP contribution in [-0.2, 0) is 0 Å². The van der Waals surface area contributed by atoms with Gasteiger partial charge in [-0.3, -0.25) is 0 Å². The molecule has 282 valence electrons. The predicted octanol–water partition coefficient (Wildman–Crippen LogP) is 13.1. The highest BCUT2D eigenvalue weighted by atomic mass is 15.0. The first kappa shape index (κ1) is 36.1. The van der Waals surface area contributed by atoms with Crippen molar-refractivity contribution in [1.82, 2.24) is 29.9 Å². The van der Waals surface area contributed by atoms with Crippen LogP contribution in [-0.4, -0.2) is 29.9 Å². The van der Waals surface area contributed by atoms with E-state index in [1.165, 1.54) is 0 Å². The van der Waals surface area contributed by atoms with Gasteiger partial charge in [-0.15, -0.1) is 0 Å². The SMILES string of the molecule is c1ccc(-c2nc(-c3ccccc3)nc(-c3cccc(-c4cccc(-c5ccccc5-c5cccc(-c6nc(-c7ccccc7)nc(-c7ccccc7)n6)c5)c4)c3)n2)cc1. The van der Waals surface area contributed by atoms with Crippen molar-refractivity contribution in [3.63, 3.8) is 0 Å². The molecule has 0 unspecified atom stereocenters. The van der Waals surface area contributed by atoms with Gasteiger partial charge in [0.15, 0.2) is 34.9 Å². The van der Waals surface area contributed by atoms with Crippen LogP contribution in [0.25, 0.3) is 102 Å². The van der Waals surface area contributed by atoms with Gasteiger partial charge in [0.1, 0.15) is 0 Å². The van der Waals surface area contributed by atoms with Gasteiger partial charge in [-0.1, -0.05) is 200 Å². The molecule has 0 aliphatic carbocycles. The van der Waals surface area contributed by atoms with Crippen molar-refractivity contribution in [3.05, 3.63) is 218 Å². The summed E-state index contributed by atoms with van der Waals surface area (Å²) in [5, 5.41) is 0. The Kier molecular flexibility index (Phi) is 9.84. The lowest BCUT2D eigenvalue weighted by Gasteiger charge is -2.14. The van der Waals surface area contributed by atoms with Gasteiger partial charge in [0.25, 0.3) is 0 Å². The average molecular weight is 769 g/mol. The van der Waals surface area contributed by atoms with Crippen LogP contribution >= 0.6 is 0 Å². The average Bonchev–Trinajstić information content (AvgIpc) is 3.35. The monoisotopic (exact) mass is 768 g/mol. The smallest absolute Gasteiger partial charge is 0.164 e. The second kappa shape index (κ2) is 16.3. The molecule has 0 amide bonds. The second-order valence-corrected chi connectivity index (χ2v) is 14.4. The van der Waals surface area contributed by atoms with Gasteiger partial charge in [0, 0.05) is 33.4 Å². The highest BCUT2D eigenvalue weighted by molar-refractivity contribution is 5.87. The Hall–Kier alpha value is -8.22. The predicted molar refractivity (Wildman–Crippen MR) is 242 cm³/mol. The van der Waals surface area contributed by atoms with Gasteiger partial charge in [-0.05, 0) is 51.6 Å². The van der Waals surface area contributed by atoms with Crippen LogP contribution in [0.3, 0.4) is 0 Å². The van der Waals surface area contributed by atoms with Crippen LogP contribution in [0.15, 0.2) is 218 Å². The van der Waals surface area contributed by atoms with Crippen LogP contribution < -0.4 is 0 Å². The Bertz CT molecular complexity index is 2970. The van der Waals surface area contributed by atoms with Crippen LogP contribution in [0, 0.1) is 0 Å². The van der Waals surface area contributed by atoms with Crippen LogP contribution in [0.1, 0.15) is 0 Å². The summed E-state index contributed by atoms with van der Waals surface area (Å²) in [6.45, 7) is 0. The fourth-order valence-corrected chi connectivity index (χ4v) is 7.39. The second-order valence-electron chi connectivity index (χ2n) is 14.4. The summed E-state index contributed by atoms with van der Waals surface area (Å²) in [6, 6.07) is 74.4. The molecule has 8 aromatic carbocycles. The first-order valence-corrected chi connectivity index (χ1v) is 19.9. The molecule has 60 heavy (non-hydrogen) atoms. The van der Waals surface area contributed by atoms with Gasteiger partial charge in [0.05, 0.1) is 0 Å². The Morgan fingerprint density at radius 2 is 0.383 bits per heavy atom. The number of hydrogen-bond acceptors (Lipinski definition) is 6. The van der Waals surface area contributed by atoms with Gasteiger partial charge in [0.2, 0.25) is 0 Å². The largest absolute Gasteiger partial charge is 0.208 e. The standard InChI is InChI=1S/C54H36N6/c1-5-18-37(19-6-1)49-55-50(38-20-7-2-8-21-38)58-53(57-49)45-30-16-27-42(35-45)41-26-15-28-43(34-41)47-32-13-14-33-48(47)44-29-17-31-46(36-44)54-59-51(39-22-9-3-10-23-39)56-52(60-54)40-24-11-4-12-25-40/h1-36H. The summed E-state index contributed by atoms with van der Waals surface area (Å²) < 4.78 is 0. The third-order valence-corrected chi connectivity index (χ3v) is 10.4. The number of aromatic nitrogens is 6. The van der Waals surface area contributed by atoms with E-state index in [2.05, 4.69) is 97.1 Å². The molecule has 0 spiro atoms. The minimum absolute atomic E-state index is 0.619. The summed E-state index contributed by atoms with van der Waals surface area (Å²) in [6.07, 6.45) is 0. The minimum Gasteiger partial charge on any atom is -0.208 e. The third-order valence-electron chi connectivity index (χ3n) is 10.4. The molecule has 0 bridgehead atoms. The molecular weight excluding hydrogens is 733 g/mol. The van der Waals surface area contributed by atoms with Crippen molar-refractivity contribution >= 4 is 0 Å². The molecule has 0 N–H and O–H groups in total. The summed E-state index contributed by atoms with van der Waals surface area (Å²) >= 11 is 0. The number of hydrogen-bond donors (Lipinski definition) is 0. The Labute approximate surface area is 348 Å². The van der Waals surface area contributed by atoms with Gasteiger partial charge in [-0.25, -0.2) is 29.9 Å². The first-order chi connectivity index (χ1) is 29.7. The van der Waals surface area contributed by atoms with Crippen LogP contribution in [0.5, 0.6) is 0 Å². The Morgan fingerprint density at radius 3 is 0.717 bits per heavy atom. The molecule has 6 heteroatoms. The maximum Gasteiger partial charge on any atom is 0.164 e. The molecule has 0 radical (unpaired) electrons. The maximum absolute atomic E-state index is 4.99. The molecule has 10 aromatic rings. The molecule has 10 rings (SSSR count). The summed E-state index contributed by atoms with van der Waals surface area (Å²) in [5.74, 6) is 3.78. The minimum atomic E-state index is 0.619. The van der Waals surface area contributed by atoms with E-state index in [1.807, 2.05) is 121 Å². The van der Waals surface area contributed by atoms with E-state index in [4.69, 9.17) is 29.9 Å². The fourth-order valence-electron chi connectivity index (χ4n) is 7.39. The van der Waals surface area contributed by atoms with Crippen LogP contribution in [0.4, 0.5) is 0 Å². The van der Waals surface area contributed by atoms with Crippen LogP contribution in [0.2, 0.25) is 0 Å². The van der Waals surface area contributed by atoms with E-state index < -0.39 is 0 Å². The van der Waals surface area contributed by atoms with E-state index >= 15 is 0 Å². The molecule has 6 nitrogen and oxygen atoms in total. The lowest BCUT2D eigenvalue weighted by Crippen LogP contribution is -2.00. The lowest BCUT2D eigenvalue weighted by molar-refractivity contribution is 1.07. The summed E-state index contributed by atoms with van der Waals surface area (Å²) in [7, 11) is 0. The third kappa shape index (κ3) is 7.61. The van der Waals surface area contributed by atoms with E-state index in [-0.39, 0.29) is 0 Å².